The molecule has 2 heterocycles. The Kier molecular flexibility index (Phi) is 5.32. The van der Waals surface area contributed by atoms with E-state index in [4.69, 9.17) is 11.6 Å². The Morgan fingerprint density at radius 2 is 2.04 bits per heavy atom. The predicted octanol–water partition coefficient (Wildman–Crippen LogP) is 3.67. The molecule has 136 valence electrons. The summed E-state index contributed by atoms with van der Waals surface area (Å²) in [4.78, 5) is 12.1. The summed E-state index contributed by atoms with van der Waals surface area (Å²) in [6.45, 7) is 1.91. The highest BCUT2D eigenvalue weighted by atomic mass is 35.5. The first-order chi connectivity index (χ1) is 12.4. The molecule has 0 fully saturated rings. The molecule has 0 unspecified atom stereocenters. The van der Waals surface area contributed by atoms with Crippen molar-refractivity contribution in [3.63, 3.8) is 0 Å². The van der Waals surface area contributed by atoms with Crippen LogP contribution in [-0.2, 0) is 17.9 Å². The monoisotopic (exact) mass is 379 g/mol. The lowest BCUT2D eigenvalue weighted by molar-refractivity contribution is -0.117. The van der Waals surface area contributed by atoms with Crippen molar-refractivity contribution in [3.05, 3.63) is 64.6 Å². The number of nitrogens with one attached hydrogen (secondary N) is 1. The van der Waals surface area contributed by atoms with Crippen LogP contribution in [0, 0.1) is 6.92 Å². The molecule has 3 rings (SSSR count). The molecular weight excluding hydrogens is 364 g/mol. The molecular formula is C17H16ClF2N5O. The van der Waals surface area contributed by atoms with Crippen molar-refractivity contribution in [2.24, 2.45) is 0 Å². The Bertz CT molecular complexity index is 922. The molecule has 26 heavy (non-hydrogen) atoms. The number of nitrogens with zero attached hydrogens (tertiary/aromatic N) is 4. The van der Waals surface area contributed by atoms with Crippen LogP contribution in [0.1, 0.15) is 23.4 Å². The zero-order valence-electron chi connectivity index (χ0n) is 13.9. The zero-order valence-corrected chi connectivity index (χ0v) is 14.6. The quantitative estimate of drug-likeness (QED) is 0.710. The number of aryl methyl sites for hydroxylation is 1. The van der Waals surface area contributed by atoms with Gasteiger partial charge < -0.3 is 5.32 Å². The molecule has 2 aromatic heterocycles. The molecule has 1 amide bonds. The molecule has 0 aliphatic rings. The topological polar surface area (TPSA) is 64.7 Å². The van der Waals surface area contributed by atoms with Crippen molar-refractivity contribution in [2.45, 2.75) is 26.4 Å². The Balaban J connectivity index is 1.62. The Labute approximate surface area is 153 Å². The molecule has 1 aromatic carbocycles. The average Bonchev–Trinajstić information content (AvgIpc) is 3.17. The molecule has 0 radical (unpaired) electrons. The molecule has 0 atom stereocenters. The summed E-state index contributed by atoms with van der Waals surface area (Å²) in [5, 5.41) is 11.2. The van der Waals surface area contributed by atoms with Crippen LogP contribution in [0.3, 0.4) is 0 Å². The largest absolute Gasteiger partial charge is 0.308 e. The first-order valence-corrected chi connectivity index (χ1v) is 8.19. The highest BCUT2D eigenvalue weighted by Crippen LogP contribution is 2.18. The highest BCUT2D eigenvalue weighted by molar-refractivity contribution is 6.31. The lowest BCUT2D eigenvalue weighted by Crippen LogP contribution is -2.20. The lowest BCUT2D eigenvalue weighted by Gasteiger charge is -2.05. The summed E-state index contributed by atoms with van der Waals surface area (Å²) in [6.07, 6.45) is -0.953. The van der Waals surface area contributed by atoms with Crippen molar-refractivity contribution >= 4 is 23.3 Å². The van der Waals surface area contributed by atoms with Crippen molar-refractivity contribution in [2.75, 3.05) is 5.32 Å². The van der Waals surface area contributed by atoms with Gasteiger partial charge in [-0.1, -0.05) is 29.8 Å². The molecule has 0 aliphatic heterocycles. The SMILES string of the molecule is Cc1cc(C(F)F)nn1CC(=O)Nc1ccn(Cc2ccccc2Cl)n1. The number of rotatable bonds is 6. The van der Waals surface area contributed by atoms with Crippen LogP contribution in [0.5, 0.6) is 0 Å². The molecule has 0 bridgehead atoms. The van der Waals surface area contributed by atoms with E-state index >= 15 is 0 Å². The average molecular weight is 380 g/mol. The van der Waals surface area contributed by atoms with Crippen molar-refractivity contribution < 1.29 is 13.6 Å². The minimum atomic E-state index is -2.67. The van der Waals surface area contributed by atoms with Crippen molar-refractivity contribution in [3.8, 4) is 0 Å². The van der Waals surface area contributed by atoms with Gasteiger partial charge in [0.15, 0.2) is 5.82 Å². The third-order valence-corrected chi connectivity index (χ3v) is 4.08. The van der Waals surface area contributed by atoms with Gasteiger partial charge in [-0.2, -0.15) is 10.2 Å². The van der Waals surface area contributed by atoms with Gasteiger partial charge in [0.25, 0.3) is 6.43 Å². The number of amides is 1. The van der Waals surface area contributed by atoms with Crippen LogP contribution in [-0.4, -0.2) is 25.5 Å². The molecule has 0 saturated heterocycles. The van der Waals surface area contributed by atoms with Gasteiger partial charge in [0.2, 0.25) is 5.91 Å². The van der Waals surface area contributed by atoms with E-state index in [1.807, 2.05) is 18.2 Å². The molecule has 9 heteroatoms. The smallest absolute Gasteiger partial charge is 0.282 e. The van der Waals surface area contributed by atoms with Crippen molar-refractivity contribution in [1.82, 2.24) is 19.6 Å². The van der Waals surface area contributed by atoms with Crippen LogP contribution < -0.4 is 5.32 Å². The van der Waals surface area contributed by atoms with Crippen LogP contribution in [0.15, 0.2) is 42.6 Å². The number of hydrogen-bond donors (Lipinski definition) is 1. The molecule has 0 saturated carbocycles. The zero-order chi connectivity index (χ0) is 18.7. The van der Waals surface area contributed by atoms with Gasteiger partial charge in [-0.15, -0.1) is 0 Å². The van der Waals surface area contributed by atoms with Crippen LogP contribution in [0.4, 0.5) is 14.6 Å². The highest BCUT2D eigenvalue weighted by Gasteiger charge is 2.15. The number of aromatic nitrogens is 4. The van der Waals surface area contributed by atoms with Crippen LogP contribution in [0.25, 0.3) is 0 Å². The maximum Gasteiger partial charge on any atom is 0.282 e. The number of benzene rings is 1. The normalized spacial score (nSPS) is 11.1. The van der Waals surface area contributed by atoms with Gasteiger partial charge in [-0.25, -0.2) is 8.78 Å². The van der Waals surface area contributed by atoms with Crippen LogP contribution in [0.2, 0.25) is 5.02 Å². The summed E-state index contributed by atoms with van der Waals surface area (Å²) in [5.74, 6) is -0.0408. The van der Waals surface area contributed by atoms with Gasteiger partial charge in [-0.05, 0) is 24.6 Å². The van der Waals surface area contributed by atoms with Gasteiger partial charge in [0.1, 0.15) is 12.2 Å². The molecule has 0 aliphatic carbocycles. The third-order valence-electron chi connectivity index (χ3n) is 3.72. The van der Waals surface area contributed by atoms with Crippen molar-refractivity contribution in [1.29, 1.82) is 0 Å². The minimum Gasteiger partial charge on any atom is -0.308 e. The van der Waals surface area contributed by atoms with Crippen LogP contribution >= 0.6 is 11.6 Å². The summed E-state index contributed by atoms with van der Waals surface area (Å²) in [7, 11) is 0. The molecule has 0 spiro atoms. The second-order valence-electron chi connectivity index (χ2n) is 5.71. The van der Waals surface area contributed by atoms with E-state index < -0.39 is 12.3 Å². The number of halogens is 3. The van der Waals surface area contributed by atoms with E-state index in [1.54, 1.807) is 29.9 Å². The second kappa shape index (κ2) is 7.65. The Morgan fingerprint density at radius 3 is 2.73 bits per heavy atom. The van der Waals surface area contributed by atoms with E-state index in [0.29, 0.717) is 23.1 Å². The number of anilines is 1. The first kappa shape index (κ1) is 18.1. The third kappa shape index (κ3) is 4.26. The fourth-order valence-corrected chi connectivity index (χ4v) is 2.63. The second-order valence-corrected chi connectivity index (χ2v) is 6.11. The van der Waals surface area contributed by atoms with Gasteiger partial charge in [-0.3, -0.25) is 14.2 Å². The van der Waals surface area contributed by atoms with E-state index in [1.165, 1.54) is 10.7 Å². The number of hydrogen-bond acceptors (Lipinski definition) is 3. The minimum absolute atomic E-state index is 0.171. The summed E-state index contributed by atoms with van der Waals surface area (Å²) in [6, 6.07) is 10.3. The molecule has 3 aromatic rings. The summed E-state index contributed by atoms with van der Waals surface area (Å²) < 4.78 is 28.2. The van der Waals surface area contributed by atoms with Gasteiger partial charge in [0.05, 0.1) is 6.54 Å². The first-order valence-electron chi connectivity index (χ1n) is 7.81. The van der Waals surface area contributed by atoms with E-state index in [9.17, 15) is 13.6 Å². The summed E-state index contributed by atoms with van der Waals surface area (Å²) in [5.41, 5.74) is 1.04. The standard InChI is InChI=1S/C17H16ClF2N5O/c1-11-8-14(17(19)20)22-25(11)10-16(26)21-15-6-7-24(23-15)9-12-4-2-3-5-13(12)18/h2-8,17H,9-10H2,1H3,(H,21,23,26). The van der Waals surface area contributed by atoms with Gasteiger partial charge >= 0.3 is 0 Å². The van der Waals surface area contributed by atoms with E-state index in [-0.39, 0.29) is 12.2 Å². The predicted molar refractivity (Wildman–Crippen MR) is 93.3 cm³/mol. The Hall–Kier alpha value is -2.74. The Morgan fingerprint density at radius 1 is 1.27 bits per heavy atom. The van der Waals surface area contributed by atoms with Gasteiger partial charge in [0, 0.05) is 23.0 Å². The fourth-order valence-electron chi connectivity index (χ4n) is 2.44. The number of carbonyl (C=O) groups excluding carboxylic acids is 1. The molecule has 1 N–H and O–H groups in total. The fraction of sp³-hybridized carbons (Fsp3) is 0.235. The summed E-state index contributed by atoms with van der Waals surface area (Å²) >= 11 is 6.12. The number of alkyl halides is 2. The maximum atomic E-state index is 12.7. The lowest BCUT2D eigenvalue weighted by atomic mass is 10.2. The van der Waals surface area contributed by atoms with E-state index in [0.717, 1.165) is 5.56 Å². The van der Waals surface area contributed by atoms with E-state index in [2.05, 4.69) is 15.5 Å². The molecule has 6 nitrogen and oxygen atoms in total. The maximum absolute atomic E-state index is 12.7. The number of carbonyl (C=O) groups is 1.